The third kappa shape index (κ3) is 2.94. The highest BCUT2D eigenvalue weighted by Gasteiger charge is 2.23. The maximum atomic E-state index is 11.4. The van der Waals surface area contributed by atoms with E-state index in [9.17, 15) is 4.79 Å². The van der Waals surface area contributed by atoms with Crippen molar-refractivity contribution in [1.29, 1.82) is 0 Å². The molecule has 4 nitrogen and oxygen atoms in total. The maximum Gasteiger partial charge on any atom is 0.373 e. The molecule has 2 unspecified atom stereocenters. The summed E-state index contributed by atoms with van der Waals surface area (Å²) in [6.07, 6.45) is 0. The summed E-state index contributed by atoms with van der Waals surface area (Å²) >= 11 is 1.74. The molecule has 0 aliphatic carbocycles. The molecular weight excluding hydrogens is 274 g/mol. The molecule has 0 aromatic carbocycles. The Balaban J connectivity index is 2.12. The Bertz CT molecular complexity index is 561. The fourth-order valence-electron chi connectivity index (χ4n) is 2.05. The third-order valence-electron chi connectivity index (χ3n) is 3.60. The van der Waals surface area contributed by atoms with Gasteiger partial charge in [-0.25, -0.2) is 4.79 Å². The van der Waals surface area contributed by atoms with Gasteiger partial charge in [0.2, 0.25) is 5.76 Å². The molecule has 0 amide bonds. The fourth-order valence-corrected chi connectivity index (χ4v) is 2.89. The van der Waals surface area contributed by atoms with E-state index in [4.69, 9.17) is 4.42 Å². The Morgan fingerprint density at radius 2 is 2.05 bits per heavy atom. The number of rotatable bonds is 5. The SMILES string of the molecule is COC(=O)c1ccc(C(C)N(C)C(C)c2cccs2)o1. The number of esters is 1. The lowest BCUT2D eigenvalue weighted by molar-refractivity contribution is 0.0558. The van der Waals surface area contributed by atoms with Gasteiger partial charge in [0.1, 0.15) is 5.76 Å². The van der Waals surface area contributed by atoms with E-state index in [1.54, 1.807) is 17.4 Å². The van der Waals surface area contributed by atoms with Gasteiger partial charge < -0.3 is 9.15 Å². The van der Waals surface area contributed by atoms with Crippen molar-refractivity contribution < 1.29 is 13.9 Å². The number of carbonyl (C=O) groups is 1. The van der Waals surface area contributed by atoms with Gasteiger partial charge in [-0.15, -0.1) is 11.3 Å². The zero-order chi connectivity index (χ0) is 14.7. The molecule has 0 bridgehead atoms. The zero-order valence-electron chi connectivity index (χ0n) is 12.1. The van der Waals surface area contributed by atoms with Crippen molar-refractivity contribution in [2.45, 2.75) is 25.9 Å². The molecule has 5 heteroatoms. The van der Waals surface area contributed by atoms with Crippen LogP contribution in [-0.4, -0.2) is 25.0 Å². The van der Waals surface area contributed by atoms with Crippen LogP contribution >= 0.6 is 11.3 Å². The molecule has 2 aromatic rings. The molecule has 0 fully saturated rings. The minimum absolute atomic E-state index is 0.0745. The minimum Gasteiger partial charge on any atom is -0.463 e. The number of hydrogen-bond acceptors (Lipinski definition) is 5. The molecular formula is C15H19NO3S. The molecule has 108 valence electrons. The molecule has 0 aliphatic rings. The van der Waals surface area contributed by atoms with Crippen LogP contribution in [0.2, 0.25) is 0 Å². The molecule has 0 N–H and O–H groups in total. The summed E-state index contributed by atoms with van der Waals surface area (Å²) in [6.45, 7) is 4.22. The Kier molecular flexibility index (Phi) is 4.62. The first-order valence-corrected chi connectivity index (χ1v) is 7.36. The molecule has 0 spiro atoms. The molecule has 0 saturated heterocycles. The van der Waals surface area contributed by atoms with Crippen LogP contribution in [0.5, 0.6) is 0 Å². The van der Waals surface area contributed by atoms with E-state index in [1.165, 1.54) is 12.0 Å². The number of nitrogens with zero attached hydrogens (tertiary/aromatic N) is 1. The Hall–Kier alpha value is -1.59. The zero-order valence-corrected chi connectivity index (χ0v) is 12.9. The standard InChI is InChI=1S/C15H19NO3S/c1-10(12-7-8-13(19-12)15(17)18-4)16(3)11(2)14-6-5-9-20-14/h5-11H,1-4H3. The maximum absolute atomic E-state index is 11.4. The van der Waals surface area contributed by atoms with Crippen molar-refractivity contribution in [3.63, 3.8) is 0 Å². The molecule has 0 saturated carbocycles. The van der Waals surface area contributed by atoms with Crippen LogP contribution in [0, 0.1) is 0 Å². The van der Waals surface area contributed by atoms with Gasteiger partial charge >= 0.3 is 5.97 Å². The summed E-state index contributed by atoms with van der Waals surface area (Å²) in [5.74, 6) is 0.556. The molecule has 2 aromatic heterocycles. The first-order chi connectivity index (χ1) is 9.54. The third-order valence-corrected chi connectivity index (χ3v) is 4.64. The number of carbonyl (C=O) groups excluding carboxylic acids is 1. The van der Waals surface area contributed by atoms with Crippen molar-refractivity contribution >= 4 is 17.3 Å². The monoisotopic (exact) mass is 293 g/mol. The van der Waals surface area contributed by atoms with E-state index in [2.05, 4.69) is 48.0 Å². The molecule has 2 atom stereocenters. The van der Waals surface area contributed by atoms with Crippen molar-refractivity contribution in [1.82, 2.24) is 4.90 Å². The summed E-state index contributed by atoms with van der Waals surface area (Å²) < 4.78 is 10.2. The van der Waals surface area contributed by atoms with Crippen molar-refractivity contribution in [2.24, 2.45) is 0 Å². The van der Waals surface area contributed by atoms with Crippen molar-refractivity contribution in [3.05, 3.63) is 46.0 Å². The number of hydrogen-bond donors (Lipinski definition) is 0. The summed E-state index contributed by atoms with van der Waals surface area (Å²) in [4.78, 5) is 14.9. The van der Waals surface area contributed by atoms with Gasteiger partial charge in [-0.2, -0.15) is 0 Å². The van der Waals surface area contributed by atoms with Crippen LogP contribution in [0.4, 0.5) is 0 Å². The second kappa shape index (κ2) is 6.24. The largest absolute Gasteiger partial charge is 0.463 e. The Morgan fingerprint density at radius 3 is 2.65 bits per heavy atom. The van der Waals surface area contributed by atoms with E-state index in [0.29, 0.717) is 0 Å². The van der Waals surface area contributed by atoms with Crippen molar-refractivity contribution in [3.8, 4) is 0 Å². The second-order valence-electron chi connectivity index (χ2n) is 4.73. The number of thiophene rings is 1. The first-order valence-electron chi connectivity index (χ1n) is 6.48. The molecule has 2 heterocycles. The van der Waals surface area contributed by atoms with Crippen LogP contribution < -0.4 is 0 Å². The van der Waals surface area contributed by atoms with Crippen molar-refractivity contribution in [2.75, 3.05) is 14.2 Å². The first kappa shape index (κ1) is 14.8. The van der Waals surface area contributed by atoms with Crippen LogP contribution in [0.1, 0.15) is 47.1 Å². The average Bonchev–Trinajstić information content (AvgIpc) is 3.14. The van der Waals surface area contributed by atoms with E-state index in [-0.39, 0.29) is 17.8 Å². The second-order valence-corrected chi connectivity index (χ2v) is 5.71. The molecule has 2 rings (SSSR count). The van der Waals surface area contributed by atoms with Gasteiger partial charge in [-0.3, -0.25) is 4.90 Å². The van der Waals surface area contributed by atoms with Crippen LogP contribution in [0.3, 0.4) is 0 Å². The molecule has 0 aliphatic heterocycles. The Labute approximate surface area is 123 Å². The highest BCUT2D eigenvalue weighted by molar-refractivity contribution is 7.10. The highest BCUT2D eigenvalue weighted by Crippen LogP contribution is 2.31. The molecule has 20 heavy (non-hydrogen) atoms. The lowest BCUT2D eigenvalue weighted by Gasteiger charge is -2.28. The van der Waals surface area contributed by atoms with Gasteiger partial charge in [-0.1, -0.05) is 6.07 Å². The van der Waals surface area contributed by atoms with E-state index >= 15 is 0 Å². The Morgan fingerprint density at radius 1 is 1.30 bits per heavy atom. The van der Waals surface area contributed by atoms with Crippen LogP contribution in [0.15, 0.2) is 34.1 Å². The summed E-state index contributed by atoms with van der Waals surface area (Å²) in [5, 5.41) is 2.08. The summed E-state index contributed by atoms with van der Waals surface area (Å²) in [6, 6.07) is 8.02. The summed E-state index contributed by atoms with van der Waals surface area (Å²) in [7, 11) is 3.40. The summed E-state index contributed by atoms with van der Waals surface area (Å²) in [5.41, 5.74) is 0. The topological polar surface area (TPSA) is 42.7 Å². The average molecular weight is 293 g/mol. The normalized spacial score (nSPS) is 14.2. The van der Waals surface area contributed by atoms with E-state index < -0.39 is 5.97 Å². The number of ether oxygens (including phenoxy) is 1. The highest BCUT2D eigenvalue weighted by atomic mass is 32.1. The van der Waals surface area contributed by atoms with Crippen LogP contribution in [-0.2, 0) is 4.74 Å². The smallest absolute Gasteiger partial charge is 0.373 e. The quantitative estimate of drug-likeness (QED) is 0.785. The fraction of sp³-hybridized carbons (Fsp3) is 0.400. The van der Waals surface area contributed by atoms with Gasteiger partial charge in [0.15, 0.2) is 0 Å². The molecule has 0 radical (unpaired) electrons. The predicted molar refractivity (Wildman–Crippen MR) is 79.0 cm³/mol. The lowest BCUT2D eigenvalue weighted by atomic mass is 10.1. The number of methoxy groups -OCH3 is 1. The van der Waals surface area contributed by atoms with Gasteiger partial charge in [0.25, 0.3) is 0 Å². The van der Waals surface area contributed by atoms with E-state index in [0.717, 1.165) is 5.76 Å². The predicted octanol–water partition coefficient (Wildman–Crippen LogP) is 3.88. The van der Waals surface area contributed by atoms with Gasteiger partial charge in [0.05, 0.1) is 13.2 Å². The minimum atomic E-state index is -0.447. The van der Waals surface area contributed by atoms with Crippen LogP contribution in [0.25, 0.3) is 0 Å². The van der Waals surface area contributed by atoms with Gasteiger partial charge in [0, 0.05) is 10.9 Å². The number of furan rings is 1. The van der Waals surface area contributed by atoms with E-state index in [1.807, 2.05) is 6.07 Å². The van der Waals surface area contributed by atoms with Gasteiger partial charge in [-0.05, 0) is 44.5 Å². The lowest BCUT2D eigenvalue weighted by Crippen LogP contribution is -2.25.